The molecule has 0 fully saturated rings. The first-order valence-electron chi connectivity index (χ1n) is 23.4. The quantitative estimate of drug-likeness (QED) is 0.0479. The summed E-state index contributed by atoms with van der Waals surface area (Å²) in [6.07, 6.45) is 60.8. The molecule has 1 aromatic rings. The van der Waals surface area contributed by atoms with Crippen LogP contribution in [-0.2, 0) is 19.5 Å². The summed E-state index contributed by atoms with van der Waals surface area (Å²) in [6, 6.07) is 0. The third-order valence-electron chi connectivity index (χ3n) is 11.3. The van der Waals surface area contributed by atoms with E-state index in [4.69, 9.17) is 0 Å². The van der Waals surface area contributed by atoms with Gasteiger partial charge < -0.3 is 0 Å². The lowest BCUT2D eigenvalue weighted by Crippen LogP contribution is -2.37. The van der Waals surface area contributed by atoms with Crippen molar-refractivity contribution in [3.63, 3.8) is 0 Å². The van der Waals surface area contributed by atoms with Gasteiger partial charge >= 0.3 is 0 Å². The molecule has 1 aromatic heterocycles. The maximum Gasteiger partial charge on any atom is 0.256 e. The fourth-order valence-corrected chi connectivity index (χ4v) is 7.92. The number of unbranched alkanes of at least 4 members (excludes halogenated alkanes) is 35. The van der Waals surface area contributed by atoms with Crippen molar-refractivity contribution in [3.05, 3.63) is 18.2 Å². The molecule has 0 saturated heterocycles. The molecule has 0 bridgehead atoms. The zero-order valence-electron chi connectivity index (χ0n) is 34.5. The molecule has 290 valence electrons. The van der Waals surface area contributed by atoms with E-state index in [1.807, 2.05) is 0 Å². The Kier molecular flexibility index (Phi) is 36.3. The molecule has 0 atom stereocenters. The van der Waals surface area contributed by atoms with Gasteiger partial charge in [0.25, 0.3) is 5.82 Å². The summed E-state index contributed by atoms with van der Waals surface area (Å²) >= 11 is 0. The highest BCUT2D eigenvalue weighted by Crippen LogP contribution is 2.16. The molecule has 0 radical (unpaired) electrons. The first kappa shape index (κ1) is 46.2. The van der Waals surface area contributed by atoms with Gasteiger partial charge in [-0.3, -0.25) is 0 Å². The van der Waals surface area contributed by atoms with E-state index in [0.717, 1.165) is 0 Å². The molecule has 0 amide bonds. The number of rotatable bonds is 41. The third-order valence-corrected chi connectivity index (χ3v) is 11.3. The van der Waals surface area contributed by atoms with E-state index in [9.17, 15) is 0 Å². The number of imidazole rings is 1. The molecule has 2 nitrogen and oxygen atoms in total. The van der Waals surface area contributed by atoms with Crippen molar-refractivity contribution in [2.45, 2.75) is 284 Å². The number of nitrogens with zero attached hydrogens (tertiary/aromatic N) is 2. The van der Waals surface area contributed by atoms with Crippen LogP contribution in [0.25, 0.3) is 0 Å². The minimum Gasteiger partial charge on any atom is -0.234 e. The second-order valence-corrected chi connectivity index (χ2v) is 16.2. The van der Waals surface area contributed by atoms with Crippen molar-refractivity contribution in [2.75, 3.05) is 0 Å². The highest BCUT2D eigenvalue weighted by atomic mass is 15.1. The molecule has 0 aromatic carbocycles. The first-order chi connectivity index (χ1) is 24.3. The van der Waals surface area contributed by atoms with E-state index in [0.29, 0.717) is 0 Å². The van der Waals surface area contributed by atoms with E-state index in [1.165, 1.54) is 264 Å². The Morgan fingerprint density at radius 3 is 0.980 bits per heavy atom. The molecule has 1 rings (SSSR count). The van der Waals surface area contributed by atoms with Crippen LogP contribution in [0.5, 0.6) is 0 Å². The average Bonchev–Trinajstić information content (AvgIpc) is 3.50. The molecule has 49 heavy (non-hydrogen) atoms. The fourth-order valence-electron chi connectivity index (χ4n) is 7.92. The van der Waals surface area contributed by atoms with Gasteiger partial charge in [-0.2, -0.15) is 0 Å². The van der Waals surface area contributed by atoms with E-state index < -0.39 is 0 Å². The van der Waals surface area contributed by atoms with Gasteiger partial charge in [0, 0.05) is 6.42 Å². The van der Waals surface area contributed by atoms with E-state index in [1.54, 1.807) is 5.82 Å². The van der Waals surface area contributed by atoms with Crippen LogP contribution in [0.2, 0.25) is 0 Å². The summed E-state index contributed by atoms with van der Waals surface area (Å²) in [4.78, 5) is 0. The summed E-state index contributed by atoms with van der Waals surface area (Å²) in [5.74, 6) is 1.62. The summed E-state index contributed by atoms with van der Waals surface area (Å²) in [5, 5.41) is 0. The molecule has 0 spiro atoms. The van der Waals surface area contributed by atoms with Gasteiger partial charge in [-0.1, -0.05) is 233 Å². The van der Waals surface area contributed by atoms with E-state index >= 15 is 0 Å². The predicted molar refractivity (Wildman–Crippen MR) is 221 cm³/mol. The molecule has 1 heterocycles. The SMILES string of the molecule is CCCCCCCCCCCCCCCCCCn1cc[n+](CCCCCCCCCCCCCCCCC)c1CCCCCCCCC. The number of hydrogen-bond donors (Lipinski definition) is 0. The van der Waals surface area contributed by atoms with Gasteiger partial charge in [0.1, 0.15) is 12.4 Å². The smallest absolute Gasteiger partial charge is 0.234 e. The number of hydrogen-bond acceptors (Lipinski definition) is 0. The van der Waals surface area contributed by atoms with Crippen molar-refractivity contribution in [2.24, 2.45) is 0 Å². The minimum absolute atomic E-state index is 1.23. The molecule has 0 N–H and O–H groups in total. The second kappa shape index (κ2) is 38.4. The Morgan fingerprint density at radius 1 is 0.347 bits per heavy atom. The minimum atomic E-state index is 1.23. The Bertz CT molecular complexity index is 751. The summed E-state index contributed by atoms with van der Waals surface area (Å²) in [5.41, 5.74) is 0. The van der Waals surface area contributed by atoms with Crippen LogP contribution in [0.1, 0.15) is 271 Å². The van der Waals surface area contributed by atoms with Crippen LogP contribution in [-0.4, -0.2) is 4.57 Å². The maximum atomic E-state index is 2.64. The molecule has 2 heteroatoms. The van der Waals surface area contributed by atoms with Crippen LogP contribution in [0, 0.1) is 0 Å². The number of aromatic nitrogens is 2. The zero-order chi connectivity index (χ0) is 35.1. The van der Waals surface area contributed by atoms with E-state index in [-0.39, 0.29) is 0 Å². The first-order valence-corrected chi connectivity index (χ1v) is 23.4. The maximum absolute atomic E-state index is 2.64. The van der Waals surface area contributed by atoms with Crippen molar-refractivity contribution in [3.8, 4) is 0 Å². The molecular weight excluding hydrogens is 593 g/mol. The van der Waals surface area contributed by atoms with Crippen LogP contribution < -0.4 is 4.57 Å². The molecule has 0 aliphatic heterocycles. The summed E-state index contributed by atoms with van der Waals surface area (Å²) < 4.78 is 5.29. The molecule has 0 aliphatic rings. The third kappa shape index (κ3) is 30.5. The van der Waals surface area contributed by atoms with Gasteiger partial charge in [0.15, 0.2) is 0 Å². The highest BCUT2D eigenvalue weighted by molar-refractivity contribution is 4.84. The summed E-state index contributed by atoms with van der Waals surface area (Å²) in [6.45, 7) is 9.42. The molecule has 0 unspecified atom stereocenters. The number of aryl methyl sites for hydroxylation is 2. The average molecular weight is 686 g/mol. The largest absolute Gasteiger partial charge is 0.256 e. The van der Waals surface area contributed by atoms with Crippen LogP contribution in [0.3, 0.4) is 0 Å². The normalized spacial score (nSPS) is 11.7. The van der Waals surface area contributed by atoms with Gasteiger partial charge in [0.05, 0.1) is 13.1 Å². The van der Waals surface area contributed by atoms with Crippen LogP contribution in [0.4, 0.5) is 0 Å². The van der Waals surface area contributed by atoms with Gasteiger partial charge in [-0.05, 0) is 32.1 Å². The lowest BCUT2D eigenvalue weighted by molar-refractivity contribution is -0.704. The fraction of sp³-hybridized carbons (Fsp3) is 0.936. The highest BCUT2D eigenvalue weighted by Gasteiger charge is 2.16. The summed E-state index contributed by atoms with van der Waals surface area (Å²) in [7, 11) is 0. The Balaban J connectivity index is 2.19. The topological polar surface area (TPSA) is 8.81 Å². The van der Waals surface area contributed by atoms with E-state index in [2.05, 4.69) is 42.3 Å². The van der Waals surface area contributed by atoms with Crippen molar-refractivity contribution in [1.82, 2.24) is 4.57 Å². The molecule has 0 saturated carbocycles. The van der Waals surface area contributed by atoms with Crippen molar-refractivity contribution >= 4 is 0 Å². The molecule has 0 aliphatic carbocycles. The zero-order valence-corrected chi connectivity index (χ0v) is 34.5. The Morgan fingerprint density at radius 2 is 0.633 bits per heavy atom. The Hall–Kier alpha value is -0.790. The van der Waals surface area contributed by atoms with Gasteiger partial charge in [-0.15, -0.1) is 0 Å². The van der Waals surface area contributed by atoms with Crippen molar-refractivity contribution < 1.29 is 4.57 Å². The lowest BCUT2D eigenvalue weighted by atomic mass is 10.0. The van der Waals surface area contributed by atoms with Gasteiger partial charge in [0.2, 0.25) is 0 Å². The van der Waals surface area contributed by atoms with Gasteiger partial charge in [-0.25, -0.2) is 9.13 Å². The van der Waals surface area contributed by atoms with Crippen LogP contribution >= 0.6 is 0 Å². The lowest BCUT2D eigenvalue weighted by Gasteiger charge is -2.07. The monoisotopic (exact) mass is 686 g/mol. The predicted octanol–water partition coefficient (Wildman–Crippen LogP) is 16.2. The van der Waals surface area contributed by atoms with Crippen LogP contribution in [0.15, 0.2) is 12.4 Å². The Labute approximate surface area is 310 Å². The molecular formula is C47H93N2+. The standard InChI is InChI=1S/C47H93N2/c1-4-7-10-13-16-18-20-22-24-26-28-30-32-35-38-41-44-49-46-45-48(47(49)42-39-36-33-15-12-9-6-3)43-40-37-34-31-29-27-25-23-21-19-17-14-11-8-5-2/h45-46H,4-44H2,1-3H3/q+1. The second-order valence-electron chi connectivity index (χ2n) is 16.2. The van der Waals surface area contributed by atoms with Crippen molar-refractivity contribution in [1.29, 1.82) is 0 Å².